The number of imide groups is 1. The second-order valence-corrected chi connectivity index (χ2v) is 5.60. The minimum absolute atomic E-state index is 0.178. The maximum absolute atomic E-state index is 14.1. The second-order valence-electron chi connectivity index (χ2n) is 5.33. The molecule has 4 nitrogen and oxygen atoms in total. The van der Waals surface area contributed by atoms with E-state index in [1.807, 2.05) is 0 Å². The zero-order valence-electron chi connectivity index (χ0n) is 11.7. The number of anilines is 1. The van der Waals surface area contributed by atoms with Crippen LogP contribution in [-0.2, 0) is 9.59 Å². The van der Waals surface area contributed by atoms with Crippen LogP contribution in [-0.4, -0.2) is 23.5 Å². The summed E-state index contributed by atoms with van der Waals surface area (Å²) in [6.07, 6.45) is 2.77. The number of benzene rings is 1. The van der Waals surface area contributed by atoms with Gasteiger partial charge in [0.05, 0.1) is 11.6 Å². The molecule has 0 spiro atoms. The lowest BCUT2D eigenvalue weighted by Crippen LogP contribution is -2.32. The van der Waals surface area contributed by atoms with E-state index < -0.39 is 17.6 Å². The van der Waals surface area contributed by atoms with Crippen molar-refractivity contribution in [1.82, 2.24) is 0 Å². The molecule has 0 aromatic heterocycles. The van der Waals surface area contributed by atoms with E-state index >= 15 is 0 Å². The minimum Gasteiger partial charge on any atom is -0.293 e. The molecular weight excluding hydrogens is 309 g/mol. The number of rotatable bonds is 3. The van der Waals surface area contributed by atoms with Gasteiger partial charge in [-0.2, -0.15) is 0 Å². The molecule has 3 rings (SSSR count). The fourth-order valence-electron chi connectivity index (χ4n) is 2.89. The molecule has 1 heterocycles. The van der Waals surface area contributed by atoms with E-state index in [9.17, 15) is 18.8 Å². The van der Waals surface area contributed by atoms with Gasteiger partial charge < -0.3 is 0 Å². The average Bonchev–Trinajstić information content (AvgIpc) is 2.79. The molecule has 2 amide bonds. The van der Waals surface area contributed by atoms with Gasteiger partial charge in [-0.15, -0.1) is 11.6 Å². The first-order valence-corrected chi connectivity index (χ1v) is 7.57. The Labute approximate surface area is 131 Å². The van der Waals surface area contributed by atoms with E-state index in [1.54, 1.807) is 0 Å². The summed E-state index contributed by atoms with van der Waals surface area (Å²) >= 11 is 5.50. The quantitative estimate of drug-likeness (QED) is 0.488. The lowest BCUT2D eigenvalue weighted by Gasteiger charge is -2.16. The number of carbonyl (C=O) groups is 3. The van der Waals surface area contributed by atoms with Crippen LogP contribution in [0.2, 0.25) is 0 Å². The third-order valence-corrected chi connectivity index (χ3v) is 4.26. The molecule has 114 valence electrons. The number of carbonyl (C=O) groups excluding carboxylic acids is 3. The number of hydrogen-bond donors (Lipinski definition) is 0. The third-order valence-electron chi connectivity index (χ3n) is 4.02. The number of ketones is 1. The van der Waals surface area contributed by atoms with Gasteiger partial charge in [-0.05, 0) is 43.9 Å². The molecule has 0 N–H and O–H groups in total. The van der Waals surface area contributed by atoms with Gasteiger partial charge in [-0.3, -0.25) is 14.4 Å². The first-order chi connectivity index (χ1) is 10.5. The molecule has 0 bridgehead atoms. The van der Waals surface area contributed by atoms with Gasteiger partial charge in [0, 0.05) is 16.7 Å². The normalized spacial score (nSPS) is 18.0. The van der Waals surface area contributed by atoms with Gasteiger partial charge in [0.15, 0.2) is 5.78 Å². The van der Waals surface area contributed by atoms with Gasteiger partial charge in [0.1, 0.15) is 5.82 Å². The predicted molar refractivity (Wildman–Crippen MR) is 79.4 cm³/mol. The van der Waals surface area contributed by atoms with Crippen molar-refractivity contribution < 1.29 is 18.8 Å². The first-order valence-electron chi connectivity index (χ1n) is 7.04. The summed E-state index contributed by atoms with van der Waals surface area (Å²) in [5.74, 6) is -2.31. The highest BCUT2D eigenvalue weighted by Gasteiger charge is 2.40. The fraction of sp³-hybridized carbons (Fsp3) is 0.312. The van der Waals surface area contributed by atoms with Crippen molar-refractivity contribution in [3.05, 3.63) is 40.7 Å². The lowest BCUT2D eigenvalue weighted by atomic mass is 9.93. The molecule has 1 aliphatic heterocycles. The van der Waals surface area contributed by atoms with Gasteiger partial charge in [0.2, 0.25) is 0 Å². The van der Waals surface area contributed by atoms with Gasteiger partial charge in [-0.1, -0.05) is 0 Å². The van der Waals surface area contributed by atoms with Crippen LogP contribution in [0.3, 0.4) is 0 Å². The van der Waals surface area contributed by atoms with E-state index in [2.05, 4.69) is 0 Å². The highest BCUT2D eigenvalue weighted by molar-refractivity contribution is 6.33. The third kappa shape index (κ3) is 2.25. The molecule has 0 unspecified atom stereocenters. The second kappa shape index (κ2) is 5.65. The smallest absolute Gasteiger partial charge is 0.261 e. The van der Waals surface area contributed by atoms with Crippen LogP contribution in [0.15, 0.2) is 29.3 Å². The molecule has 0 fully saturated rings. The zero-order valence-corrected chi connectivity index (χ0v) is 12.5. The largest absolute Gasteiger partial charge is 0.293 e. The molecule has 2 aliphatic rings. The highest BCUT2D eigenvalue weighted by Crippen LogP contribution is 2.36. The van der Waals surface area contributed by atoms with E-state index in [0.717, 1.165) is 23.8 Å². The van der Waals surface area contributed by atoms with Gasteiger partial charge in [-0.25, -0.2) is 9.29 Å². The number of Topliss-reactive ketones (excluding diaryl/α,β-unsaturated/α-hetero) is 1. The Hall–Kier alpha value is -2.01. The van der Waals surface area contributed by atoms with E-state index in [4.69, 9.17) is 11.6 Å². The lowest BCUT2D eigenvalue weighted by molar-refractivity contribution is -0.120. The van der Waals surface area contributed by atoms with Crippen LogP contribution < -0.4 is 4.90 Å². The van der Waals surface area contributed by atoms with Gasteiger partial charge >= 0.3 is 0 Å². The Bertz CT molecular complexity index is 698. The highest BCUT2D eigenvalue weighted by atomic mass is 35.5. The maximum atomic E-state index is 14.1. The first kappa shape index (κ1) is 14.9. The van der Waals surface area contributed by atoms with Crippen LogP contribution in [0.25, 0.3) is 0 Å². The number of alkyl halides is 1. The summed E-state index contributed by atoms with van der Waals surface area (Å²) in [5.41, 5.74) is 0.951. The Morgan fingerprint density at radius 3 is 2.27 bits per heavy atom. The average molecular weight is 322 g/mol. The topological polar surface area (TPSA) is 54.5 Å². The van der Waals surface area contributed by atoms with Crippen molar-refractivity contribution in [3.8, 4) is 0 Å². The standard InChI is InChI=1S/C16H13ClFNO3/c17-8-14(20)9-5-6-12(18)13(7-9)19-15(21)10-3-1-2-4-11(10)16(19)22/h5-7H,1-4,8H2. The van der Waals surface area contributed by atoms with Crippen LogP contribution in [0.4, 0.5) is 10.1 Å². The zero-order chi connectivity index (χ0) is 15.9. The van der Waals surface area contributed by atoms with Crippen LogP contribution in [0.5, 0.6) is 0 Å². The summed E-state index contributed by atoms with van der Waals surface area (Å²) in [6, 6.07) is 3.59. The molecule has 1 aliphatic carbocycles. The molecule has 1 aromatic rings. The predicted octanol–water partition coefficient (Wildman–Crippen LogP) is 2.99. The van der Waals surface area contributed by atoms with Gasteiger partial charge in [0.25, 0.3) is 11.8 Å². The summed E-state index contributed by atoms with van der Waals surface area (Å²) < 4.78 is 14.1. The van der Waals surface area contributed by atoms with Crippen molar-refractivity contribution in [1.29, 1.82) is 0 Å². The molecule has 0 atom stereocenters. The SMILES string of the molecule is O=C(CCl)c1ccc(F)c(N2C(=O)C3=C(CCCC3)C2=O)c1. The fourth-order valence-corrected chi connectivity index (χ4v) is 3.05. The molecular formula is C16H13ClFNO3. The van der Waals surface area contributed by atoms with Crippen LogP contribution >= 0.6 is 11.6 Å². The van der Waals surface area contributed by atoms with Crippen LogP contribution in [0.1, 0.15) is 36.0 Å². The number of nitrogens with zero attached hydrogens (tertiary/aromatic N) is 1. The molecule has 22 heavy (non-hydrogen) atoms. The summed E-state index contributed by atoms with van der Waals surface area (Å²) in [6.45, 7) is 0. The number of amides is 2. The van der Waals surface area contributed by atoms with Crippen molar-refractivity contribution in [2.75, 3.05) is 10.8 Å². The van der Waals surface area contributed by atoms with E-state index in [-0.39, 0.29) is 22.9 Å². The summed E-state index contributed by atoms with van der Waals surface area (Å²) in [4.78, 5) is 37.3. The monoisotopic (exact) mass is 321 g/mol. The molecule has 0 saturated carbocycles. The van der Waals surface area contributed by atoms with E-state index in [0.29, 0.717) is 24.0 Å². The summed E-state index contributed by atoms with van der Waals surface area (Å²) in [5, 5.41) is 0. The number of halogens is 2. The van der Waals surface area contributed by atoms with Crippen molar-refractivity contribution in [2.45, 2.75) is 25.7 Å². The molecule has 6 heteroatoms. The molecule has 0 saturated heterocycles. The van der Waals surface area contributed by atoms with Crippen molar-refractivity contribution in [2.24, 2.45) is 0 Å². The summed E-state index contributed by atoms with van der Waals surface area (Å²) in [7, 11) is 0. The molecule has 0 radical (unpaired) electrons. The van der Waals surface area contributed by atoms with E-state index in [1.165, 1.54) is 12.1 Å². The Morgan fingerprint density at radius 2 is 1.73 bits per heavy atom. The molecule has 1 aromatic carbocycles. The minimum atomic E-state index is -0.715. The van der Waals surface area contributed by atoms with Crippen molar-refractivity contribution >= 4 is 34.9 Å². The Morgan fingerprint density at radius 1 is 1.14 bits per heavy atom. The van der Waals surface area contributed by atoms with Crippen molar-refractivity contribution in [3.63, 3.8) is 0 Å². The maximum Gasteiger partial charge on any atom is 0.261 e. The Kier molecular flexibility index (Phi) is 3.83. The van der Waals surface area contributed by atoms with Crippen LogP contribution in [0, 0.1) is 5.82 Å². The number of hydrogen-bond acceptors (Lipinski definition) is 3. The Balaban J connectivity index is 2.03.